The lowest BCUT2D eigenvalue weighted by Gasteiger charge is -2.34. The number of rotatable bonds is 4. The van der Waals surface area contributed by atoms with Crippen LogP contribution in [0.1, 0.15) is 36.6 Å². The molecule has 5 heteroatoms. The van der Waals surface area contributed by atoms with Crippen LogP contribution in [-0.2, 0) is 6.61 Å². The first kappa shape index (κ1) is 16.9. The second-order valence-corrected chi connectivity index (χ2v) is 7.10. The van der Waals surface area contributed by atoms with Crippen LogP contribution in [0.4, 0.5) is 0 Å². The number of ether oxygens (including phenoxy) is 1. The number of carbonyl (C=O) groups excluding carboxylic acids is 1. The van der Waals surface area contributed by atoms with Gasteiger partial charge in [-0.25, -0.2) is 0 Å². The molecule has 0 aliphatic carbocycles. The van der Waals surface area contributed by atoms with Gasteiger partial charge in [-0.2, -0.15) is 0 Å². The summed E-state index contributed by atoms with van der Waals surface area (Å²) in [6.07, 6.45) is 1.17. The molecule has 3 rings (SSSR count). The smallest absolute Gasteiger partial charge is 0.289 e. The van der Waals surface area contributed by atoms with Gasteiger partial charge in [-0.05, 0) is 54.7 Å². The zero-order valence-electron chi connectivity index (χ0n) is 14.0. The van der Waals surface area contributed by atoms with E-state index < -0.39 is 0 Å². The molecule has 2 aromatic rings. The molecule has 0 spiro atoms. The summed E-state index contributed by atoms with van der Waals surface area (Å²) in [7, 11) is 0. The molecule has 0 unspecified atom stereocenters. The molecular weight excluding hydrogens is 326 g/mol. The molecule has 0 radical (unpaired) electrons. The number of halogens is 1. The number of hydrogen-bond donors (Lipinski definition) is 0. The van der Waals surface area contributed by atoms with Gasteiger partial charge < -0.3 is 14.1 Å². The van der Waals surface area contributed by atoms with Crippen LogP contribution in [0.2, 0.25) is 5.02 Å². The first-order valence-corrected chi connectivity index (χ1v) is 8.65. The maximum Gasteiger partial charge on any atom is 0.289 e. The second-order valence-electron chi connectivity index (χ2n) is 6.66. The van der Waals surface area contributed by atoms with Gasteiger partial charge in [-0.1, -0.05) is 25.4 Å². The fraction of sp³-hybridized carbons (Fsp3) is 0.421. The highest BCUT2D eigenvalue weighted by atomic mass is 35.5. The number of piperidine rings is 1. The number of benzene rings is 1. The molecule has 1 aromatic carbocycles. The Morgan fingerprint density at radius 3 is 2.50 bits per heavy atom. The van der Waals surface area contributed by atoms with Crippen molar-refractivity contribution in [3.05, 3.63) is 52.9 Å². The third kappa shape index (κ3) is 4.12. The minimum Gasteiger partial charge on any atom is -0.486 e. The molecular formula is C19H22ClNO3. The minimum atomic E-state index is -0.0360. The number of nitrogens with zero attached hydrogens (tertiary/aromatic N) is 1. The second kappa shape index (κ2) is 7.31. The maximum atomic E-state index is 12.6. The molecule has 2 heterocycles. The summed E-state index contributed by atoms with van der Waals surface area (Å²) in [5, 5.41) is 0.665. The van der Waals surface area contributed by atoms with E-state index in [1.54, 1.807) is 36.4 Å². The summed E-state index contributed by atoms with van der Waals surface area (Å²) in [5.41, 5.74) is 0. The lowest BCUT2D eigenvalue weighted by molar-refractivity contribution is 0.0587. The topological polar surface area (TPSA) is 42.7 Å². The number of hydrogen-bond acceptors (Lipinski definition) is 3. The first-order chi connectivity index (χ1) is 11.5. The van der Waals surface area contributed by atoms with E-state index in [0.717, 1.165) is 13.1 Å². The van der Waals surface area contributed by atoms with Gasteiger partial charge in [0, 0.05) is 18.1 Å². The fourth-order valence-corrected chi connectivity index (χ4v) is 3.37. The predicted octanol–water partition coefficient (Wildman–Crippen LogP) is 4.63. The van der Waals surface area contributed by atoms with Crippen molar-refractivity contribution in [1.82, 2.24) is 4.90 Å². The highest BCUT2D eigenvalue weighted by molar-refractivity contribution is 6.30. The number of carbonyl (C=O) groups is 1. The quantitative estimate of drug-likeness (QED) is 0.809. The molecule has 4 nitrogen and oxygen atoms in total. The Hall–Kier alpha value is -1.94. The monoisotopic (exact) mass is 347 g/mol. The summed E-state index contributed by atoms with van der Waals surface area (Å²) in [6.45, 7) is 6.23. The van der Waals surface area contributed by atoms with Crippen LogP contribution in [0.3, 0.4) is 0 Å². The minimum absolute atomic E-state index is 0.0360. The van der Waals surface area contributed by atoms with Gasteiger partial charge in [0.05, 0.1) is 0 Å². The van der Waals surface area contributed by atoms with Crippen LogP contribution in [-0.4, -0.2) is 23.9 Å². The van der Waals surface area contributed by atoms with E-state index in [0.29, 0.717) is 34.1 Å². The van der Waals surface area contributed by atoms with Crippen LogP contribution < -0.4 is 4.74 Å². The Kier molecular flexibility index (Phi) is 5.14. The lowest BCUT2D eigenvalue weighted by Crippen LogP contribution is -2.42. The number of furan rings is 1. The van der Waals surface area contributed by atoms with Crippen molar-refractivity contribution in [2.45, 2.75) is 26.9 Å². The van der Waals surface area contributed by atoms with Gasteiger partial charge in [0.1, 0.15) is 18.1 Å². The molecule has 1 amide bonds. The lowest BCUT2D eigenvalue weighted by atomic mass is 9.92. The first-order valence-electron chi connectivity index (χ1n) is 8.27. The zero-order valence-corrected chi connectivity index (χ0v) is 14.8. The number of amides is 1. The van der Waals surface area contributed by atoms with E-state index in [1.165, 1.54) is 6.42 Å². The Morgan fingerprint density at radius 1 is 1.17 bits per heavy atom. The van der Waals surface area contributed by atoms with E-state index in [4.69, 9.17) is 20.8 Å². The molecule has 128 valence electrons. The Balaban J connectivity index is 1.60. The van der Waals surface area contributed by atoms with Crippen molar-refractivity contribution >= 4 is 17.5 Å². The van der Waals surface area contributed by atoms with Crippen LogP contribution in [0.15, 0.2) is 40.8 Å². The van der Waals surface area contributed by atoms with E-state index in [1.807, 2.05) is 4.90 Å². The van der Waals surface area contributed by atoms with Gasteiger partial charge in [0.25, 0.3) is 5.91 Å². The van der Waals surface area contributed by atoms with E-state index >= 15 is 0 Å². The molecule has 24 heavy (non-hydrogen) atoms. The normalized spacial score (nSPS) is 20.9. The summed E-state index contributed by atoms with van der Waals surface area (Å²) >= 11 is 5.85. The molecule has 1 fully saturated rings. The summed E-state index contributed by atoms with van der Waals surface area (Å²) in [5.74, 6) is 2.74. The largest absolute Gasteiger partial charge is 0.486 e. The van der Waals surface area contributed by atoms with Gasteiger partial charge in [0.15, 0.2) is 5.76 Å². The third-order valence-corrected chi connectivity index (χ3v) is 4.48. The summed E-state index contributed by atoms with van der Waals surface area (Å²) in [4.78, 5) is 14.5. The average Bonchev–Trinajstić information content (AvgIpc) is 3.01. The summed E-state index contributed by atoms with van der Waals surface area (Å²) in [6, 6.07) is 10.7. The van der Waals surface area contributed by atoms with Gasteiger partial charge in [-0.3, -0.25) is 4.79 Å². The van der Waals surface area contributed by atoms with Crippen molar-refractivity contribution in [3.8, 4) is 5.75 Å². The van der Waals surface area contributed by atoms with Gasteiger partial charge >= 0.3 is 0 Å². The zero-order chi connectivity index (χ0) is 17.1. The van der Waals surface area contributed by atoms with E-state index in [2.05, 4.69) is 13.8 Å². The maximum absolute atomic E-state index is 12.6. The Morgan fingerprint density at radius 2 is 1.83 bits per heavy atom. The molecule has 0 saturated carbocycles. The van der Waals surface area contributed by atoms with Gasteiger partial charge in [0.2, 0.25) is 0 Å². The molecule has 2 atom stereocenters. The van der Waals surface area contributed by atoms with E-state index in [9.17, 15) is 4.79 Å². The SMILES string of the molecule is C[C@H]1C[C@H](C)CN(C(=O)c2ccc(COc3ccc(Cl)cc3)o2)C1. The molecule has 0 N–H and O–H groups in total. The number of likely N-dealkylation sites (tertiary alicyclic amines) is 1. The highest BCUT2D eigenvalue weighted by Crippen LogP contribution is 2.23. The molecule has 1 aliphatic heterocycles. The molecule has 1 aliphatic rings. The third-order valence-electron chi connectivity index (χ3n) is 4.22. The molecule has 1 aromatic heterocycles. The van der Waals surface area contributed by atoms with Crippen LogP contribution >= 0.6 is 11.6 Å². The van der Waals surface area contributed by atoms with E-state index in [-0.39, 0.29) is 12.5 Å². The predicted molar refractivity (Wildman–Crippen MR) is 93.3 cm³/mol. The molecule has 0 bridgehead atoms. The fourth-order valence-electron chi connectivity index (χ4n) is 3.24. The average molecular weight is 348 g/mol. The standard InChI is InChI=1S/C19H22ClNO3/c1-13-9-14(2)11-21(10-13)19(22)18-8-7-17(24-18)12-23-16-5-3-15(20)4-6-16/h3-8,13-14H,9-12H2,1-2H3/t13-,14-/m0/s1. The Bertz CT molecular complexity index is 685. The molecule has 1 saturated heterocycles. The van der Waals surface area contributed by atoms with Crippen molar-refractivity contribution in [2.24, 2.45) is 11.8 Å². The van der Waals surface area contributed by atoms with Crippen molar-refractivity contribution < 1.29 is 13.9 Å². The Labute approximate surface area is 147 Å². The van der Waals surface area contributed by atoms with Crippen LogP contribution in [0.5, 0.6) is 5.75 Å². The van der Waals surface area contributed by atoms with Crippen LogP contribution in [0, 0.1) is 11.8 Å². The van der Waals surface area contributed by atoms with Gasteiger partial charge in [-0.15, -0.1) is 0 Å². The van der Waals surface area contributed by atoms with Crippen LogP contribution in [0.25, 0.3) is 0 Å². The van der Waals surface area contributed by atoms with Crippen molar-refractivity contribution in [1.29, 1.82) is 0 Å². The highest BCUT2D eigenvalue weighted by Gasteiger charge is 2.27. The van der Waals surface area contributed by atoms with Crippen molar-refractivity contribution in [2.75, 3.05) is 13.1 Å². The van der Waals surface area contributed by atoms with Crippen molar-refractivity contribution in [3.63, 3.8) is 0 Å². The summed E-state index contributed by atoms with van der Waals surface area (Å²) < 4.78 is 11.3.